The van der Waals surface area contributed by atoms with E-state index in [1.807, 2.05) is 18.2 Å². The topological polar surface area (TPSA) is 70.7 Å². The number of carbonyl (C=O) groups excluding carboxylic acids is 2. The number of rotatable bonds is 5. The van der Waals surface area contributed by atoms with Crippen molar-refractivity contribution in [2.45, 2.75) is 51.1 Å². The molecular formula is C29H36F3N3O3. The van der Waals surface area contributed by atoms with Crippen LogP contribution in [-0.2, 0) is 28.6 Å². The average molecular weight is 532 g/mol. The highest BCUT2D eigenvalue weighted by molar-refractivity contribution is 5.83. The van der Waals surface area contributed by atoms with Gasteiger partial charge in [-0.05, 0) is 80.9 Å². The van der Waals surface area contributed by atoms with Crippen LogP contribution < -0.4 is 15.4 Å². The second kappa shape index (κ2) is 12.7. The molecule has 206 valence electrons. The van der Waals surface area contributed by atoms with Gasteiger partial charge in [-0.25, -0.2) is 0 Å². The van der Waals surface area contributed by atoms with E-state index < -0.39 is 17.2 Å². The molecule has 0 bridgehead atoms. The van der Waals surface area contributed by atoms with Crippen molar-refractivity contribution in [1.29, 1.82) is 0 Å². The maximum atomic E-state index is 13.2. The summed E-state index contributed by atoms with van der Waals surface area (Å²) in [7, 11) is 0. The number of benzene rings is 2. The lowest BCUT2D eigenvalue weighted by Crippen LogP contribution is -2.51. The minimum Gasteiger partial charge on any atom is -0.491 e. The van der Waals surface area contributed by atoms with Crippen LogP contribution in [-0.4, -0.2) is 56.0 Å². The summed E-state index contributed by atoms with van der Waals surface area (Å²) in [6.45, 7) is 2.82. The van der Waals surface area contributed by atoms with Crippen LogP contribution in [0.15, 0.2) is 48.5 Å². The smallest absolute Gasteiger partial charge is 0.416 e. The van der Waals surface area contributed by atoms with Gasteiger partial charge in [0, 0.05) is 6.54 Å². The molecule has 9 heteroatoms. The number of piperidine rings is 1. The molecule has 38 heavy (non-hydrogen) atoms. The van der Waals surface area contributed by atoms with E-state index in [4.69, 9.17) is 4.74 Å². The van der Waals surface area contributed by atoms with Crippen LogP contribution in [0.25, 0.3) is 0 Å². The first kappa shape index (κ1) is 28.0. The largest absolute Gasteiger partial charge is 0.491 e. The molecule has 4 rings (SSSR count). The third-order valence-corrected chi connectivity index (χ3v) is 7.65. The van der Waals surface area contributed by atoms with Crippen LogP contribution in [0.1, 0.15) is 48.8 Å². The molecule has 0 radical (unpaired) electrons. The number of aryl methyl sites for hydroxylation is 1. The van der Waals surface area contributed by atoms with Crippen LogP contribution in [0.5, 0.6) is 5.75 Å². The highest BCUT2D eigenvalue weighted by Crippen LogP contribution is 2.37. The number of likely N-dealkylation sites (tertiary alicyclic amines) is 1. The monoisotopic (exact) mass is 531 g/mol. The first-order valence-corrected chi connectivity index (χ1v) is 13.4. The summed E-state index contributed by atoms with van der Waals surface area (Å²) in [5.41, 5.74) is 0.837. The van der Waals surface area contributed by atoms with Gasteiger partial charge in [0.05, 0.1) is 24.1 Å². The molecule has 0 unspecified atom stereocenters. The Morgan fingerprint density at radius 1 is 1.03 bits per heavy atom. The van der Waals surface area contributed by atoms with Crippen LogP contribution in [0, 0.1) is 5.41 Å². The fourth-order valence-corrected chi connectivity index (χ4v) is 5.34. The molecule has 2 N–H and O–H groups in total. The fourth-order valence-electron chi connectivity index (χ4n) is 5.34. The number of ether oxygens (including phenoxy) is 1. The van der Waals surface area contributed by atoms with Gasteiger partial charge >= 0.3 is 6.18 Å². The van der Waals surface area contributed by atoms with Crippen LogP contribution in [0.2, 0.25) is 0 Å². The Labute approximate surface area is 221 Å². The maximum Gasteiger partial charge on any atom is 0.416 e. The number of para-hydroxylation sites is 1. The minimum atomic E-state index is -4.35. The predicted molar refractivity (Wildman–Crippen MR) is 139 cm³/mol. The fraction of sp³-hybridized carbons (Fsp3) is 0.517. The van der Waals surface area contributed by atoms with Crippen molar-refractivity contribution < 1.29 is 27.5 Å². The third kappa shape index (κ3) is 7.49. The van der Waals surface area contributed by atoms with Crippen molar-refractivity contribution in [3.63, 3.8) is 0 Å². The average Bonchev–Trinajstić information content (AvgIpc) is 2.90. The van der Waals surface area contributed by atoms with Gasteiger partial charge in [0.15, 0.2) is 0 Å². The minimum absolute atomic E-state index is 0.0793. The van der Waals surface area contributed by atoms with Gasteiger partial charge in [0.25, 0.3) is 0 Å². The van der Waals surface area contributed by atoms with Crippen molar-refractivity contribution in [1.82, 2.24) is 15.5 Å². The second-order valence-electron chi connectivity index (χ2n) is 10.3. The Hall–Kier alpha value is -3.07. The highest BCUT2D eigenvalue weighted by Gasteiger charge is 2.41. The Bertz CT molecular complexity index is 1080. The van der Waals surface area contributed by atoms with Gasteiger partial charge in [-0.15, -0.1) is 0 Å². The standard InChI is InChI=1S/C29H36F3N3O3/c30-29(31,32)24-10-8-22(9-11-24)12-16-33-26(36)21-35-18-14-28(15-19-35)13-4-3-6-23-5-1-2-7-25(23)38-20-17-34-27(28)37/h1-2,5,7-11H,3-4,6,12-21H2,(H,33,36)(H,34,37). The summed E-state index contributed by atoms with van der Waals surface area (Å²) in [5, 5.41) is 5.94. The molecule has 2 aliphatic rings. The van der Waals surface area contributed by atoms with Gasteiger partial charge in [0.2, 0.25) is 11.8 Å². The lowest BCUT2D eigenvalue weighted by molar-refractivity contribution is -0.137. The number of nitrogens with zero attached hydrogens (tertiary/aromatic N) is 1. The summed E-state index contributed by atoms with van der Waals surface area (Å²) in [5.74, 6) is 0.852. The Morgan fingerprint density at radius 3 is 2.50 bits per heavy atom. The molecule has 1 spiro atoms. The van der Waals surface area contributed by atoms with Crippen molar-refractivity contribution in [3.8, 4) is 5.75 Å². The Balaban J connectivity index is 1.22. The summed E-state index contributed by atoms with van der Waals surface area (Å²) in [4.78, 5) is 27.8. The van der Waals surface area contributed by atoms with E-state index in [0.717, 1.165) is 49.1 Å². The third-order valence-electron chi connectivity index (χ3n) is 7.65. The Morgan fingerprint density at radius 2 is 1.76 bits per heavy atom. The zero-order valence-electron chi connectivity index (χ0n) is 21.6. The van der Waals surface area contributed by atoms with Crippen LogP contribution in [0.4, 0.5) is 13.2 Å². The number of hydrogen-bond donors (Lipinski definition) is 2. The number of nitrogens with one attached hydrogen (secondary N) is 2. The van der Waals surface area contributed by atoms with Crippen LogP contribution in [0.3, 0.4) is 0 Å². The molecule has 1 saturated heterocycles. The number of carbonyl (C=O) groups is 2. The molecule has 1 fully saturated rings. The number of fused-ring (bicyclic) bond motifs is 1. The van der Waals surface area contributed by atoms with E-state index in [2.05, 4.69) is 21.6 Å². The van der Waals surface area contributed by atoms with E-state index >= 15 is 0 Å². The zero-order chi connectivity index (χ0) is 27.0. The zero-order valence-corrected chi connectivity index (χ0v) is 21.6. The van der Waals surface area contributed by atoms with Gasteiger partial charge in [-0.1, -0.05) is 36.8 Å². The van der Waals surface area contributed by atoms with Gasteiger partial charge in [-0.2, -0.15) is 13.2 Å². The molecule has 0 atom stereocenters. The first-order chi connectivity index (χ1) is 18.2. The molecule has 2 aromatic carbocycles. The predicted octanol–water partition coefficient (Wildman–Crippen LogP) is 4.37. The number of halogens is 3. The molecule has 2 aromatic rings. The summed E-state index contributed by atoms with van der Waals surface area (Å²) in [6.07, 6.45) is 1.20. The number of hydrogen-bond acceptors (Lipinski definition) is 4. The molecule has 2 heterocycles. The SMILES string of the molecule is O=C(CN1CCC2(CCCCc3ccccc3OCCNC2=O)CC1)NCCc1ccc(C(F)(F)F)cc1. The van der Waals surface area contributed by atoms with Crippen molar-refractivity contribution >= 4 is 11.8 Å². The number of alkyl halides is 3. The van der Waals surface area contributed by atoms with Crippen molar-refractivity contribution in [3.05, 3.63) is 65.2 Å². The molecular weight excluding hydrogens is 495 g/mol. The lowest BCUT2D eigenvalue weighted by Gasteiger charge is -2.40. The summed E-state index contributed by atoms with van der Waals surface area (Å²) < 4.78 is 44.0. The summed E-state index contributed by atoms with van der Waals surface area (Å²) in [6, 6.07) is 13.1. The second-order valence-corrected chi connectivity index (χ2v) is 10.3. The van der Waals surface area contributed by atoms with Crippen molar-refractivity contribution in [2.24, 2.45) is 5.41 Å². The molecule has 0 saturated carbocycles. The molecule has 0 aliphatic carbocycles. The van der Waals surface area contributed by atoms with Crippen LogP contribution >= 0.6 is 0 Å². The van der Waals surface area contributed by atoms with E-state index in [-0.39, 0.29) is 18.4 Å². The van der Waals surface area contributed by atoms with Crippen molar-refractivity contribution in [2.75, 3.05) is 39.3 Å². The molecule has 6 nitrogen and oxygen atoms in total. The molecule has 0 aromatic heterocycles. The molecule has 2 aliphatic heterocycles. The van der Waals surface area contributed by atoms with E-state index in [0.29, 0.717) is 52.0 Å². The maximum absolute atomic E-state index is 13.2. The number of amides is 2. The first-order valence-electron chi connectivity index (χ1n) is 13.4. The van der Waals surface area contributed by atoms with Gasteiger partial charge in [-0.3, -0.25) is 14.5 Å². The highest BCUT2D eigenvalue weighted by atomic mass is 19.4. The van der Waals surface area contributed by atoms with Gasteiger partial charge < -0.3 is 15.4 Å². The van der Waals surface area contributed by atoms with Gasteiger partial charge in [0.1, 0.15) is 12.4 Å². The normalized spacial score (nSPS) is 18.9. The lowest BCUT2D eigenvalue weighted by atomic mass is 9.73. The molecule has 2 amide bonds. The van der Waals surface area contributed by atoms with E-state index in [1.54, 1.807) is 0 Å². The Kier molecular flexibility index (Phi) is 9.31. The van der Waals surface area contributed by atoms with E-state index in [9.17, 15) is 22.8 Å². The van der Waals surface area contributed by atoms with E-state index in [1.165, 1.54) is 17.7 Å². The quantitative estimate of drug-likeness (QED) is 0.602. The summed E-state index contributed by atoms with van der Waals surface area (Å²) >= 11 is 0.